The summed E-state index contributed by atoms with van der Waals surface area (Å²) in [7, 11) is 0. The summed E-state index contributed by atoms with van der Waals surface area (Å²) in [6, 6.07) is 10.3. The zero-order valence-corrected chi connectivity index (χ0v) is 10.2. The van der Waals surface area contributed by atoms with E-state index in [4.69, 9.17) is 10.3 Å². The molecule has 0 bridgehead atoms. The average Bonchev–Trinajstić information content (AvgIpc) is 2.78. The molecule has 0 spiro atoms. The Kier molecular flexibility index (Phi) is 3.61. The van der Waals surface area contributed by atoms with Crippen LogP contribution in [0, 0.1) is 6.92 Å². The molecule has 0 fully saturated rings. The summed E-state index contributed by atoms with van der Waals surface area (Å²) in [4.78, 5) is 0. The van der Waals surface area contributed by atoms with Gasteiger partial charge in [-0.25, -0.2) is 5.43 Å². The molecule has 1 aromatic heterocycles. The van der Waals surface area contributed by atoms with Crippen LogP contribution in [-0.4, -0.2) is 0 Å². The molecule has 2 aromatic rings. The van der Waals surface area contributed by atoms with E-state index in [9.17, 15) is 0 Å². The van der Waals surface area contributed by atoms with Crippen molar-refractivity contribution in [3.63, 3.8) is 0 Å². The fourth-order valence-electron chi connectivity index (χ4n) is 1.95. The lowest BCUT2D eigenvalue weighted by Gasteiger charge is -2.15. The molecule has 17 heavy (non-hydrogen) atoms. The number of hydrogen-bond acceptors (Lipinski definition) is 3. The van der Waals surface area contributed by atoms with Crippen LogP contribution >= 0.6 is 0 Å². The van der Waals surface area contributed by atoms with Gasteiger partial charge >= 0.3 is 0 Å². The minimum atomic E-state index is -0.0871. The van der Waals surface area contributed by atoms with Gasteiger partial charge in [-0.15, -0.1) is 0 Å². The molecule has 1 aromatic carbocycles. The lowest BCUT2D eigenvalue weighted by molar-refractivity contribution is 0.449. The first-order valence-electron chi connectivity index (χ1n) is 5.85. The maximum atomic E-state index is 5.63. The van der Waals surface area contributed by atoms with Gasteiger partial charge in [-0.3, -0.25) is 5.84 Å². The zero-order valence-electron chi connectivity index (χ0n) is 10.2. The van der Waals surface area contributed by atoms with Crippen molar-refractivity contribution in [2.45, 2.75) is 26.3 Å². The molecule has 0 radical (unpaired) electrons. The van der Waals surface area contributed by atoms with E-state index in [-0.39, 0.29) is 6.04 Å². The molecule has 90 valence electrons. The van der Waals surface area contributed by atoms with E-state index in [2.05, 4.69) is 36.6 Å². The number of nitrogens with two attached hydrogens (primary N) is 1. The normalized spacial score (nSPS) is 12.6. The van der Waals surface area contributed by atoms with Crippen LogP contribution in [0.5, 0.6) is 0 Å². The first-order valence-corrected chi connectivity index (χ1v) is 5.85. The van der Waals surface area contributed by atoms with E-state index in [0.29, 0.717) is 0 Å². The number of rotatable bonds is 4. The van der Waals surface area contributed by atoms with Gasteiger partial charge in [0.15, 0.2) is 0 Å². The van der Waals surface area contributed by atoms with Crippen molar-refractivity contribution in [2.75, 3.05) is 0 Å². The molecule has 0 amide bonds. The van der Waals surface area contributed by atoms with Crippen molar-refractivity contribution in [3.05, 3.63) is 59.0 Å². The predicted octanol–water partition coefficient (Wildman–Crippen LogP) is 2.70. The summed E-state index contributed by atoms with van der Waals surface area (Å²) >= 11 is 0. The Bertz CT molecular complexity index is 473. The Labute approximate surface area is 102 Å². The highest BCUT2D eigenvalue weighted by Crippen LogP contribution is 2.25. The molecule has 0 aliphatic heterocycles. The van der Waals surface area contributed by atoms with Crippen LogP contribution in [-0.2, 0) is 6.42 Å². The molecule has 0 saturated carbocycles. The van der Waals surface area contributed by atoms with Crippen LogP contribution in [0.1, 0.15) is 35.4 Å². The van der Waals surface area contributed by atoms with Gasteiger partial charge in [0.25, 0.3) is 0 Å². The lowest BCUT2D eigenvalue weighted by atomic mass is 10.0. The summed E-state index contributed by atoms with van der Waals surface area (Å²) < 4.78 is 5.49. The van der Waals surface area contributed by atoms with Crippen LogP contribution in [0.15, 0.2) is 41.0 Å². The van der Waals surface area contributed by atoms with Gasteiger partial charge in [0, 0.05) is 0 Å². The maximum Gasteiger partial charge on any atom is 0.129 e. The second-order valence-corrected chi connectivity index (χ2v) is 4.16. The Morgan fingerprint density at radius 2 is 1.94 bits per heavy atom. The van der Waals surface area contributed by atoms with Gasteiger partial charge in [0.2, 0.25) is 0 Å². The van der Waals surface area contributed by atoms with E-state index >= 15 is 0 Å². The highest BCUT2D eigenvalue weighted by molar-refractivity contribution is 5.32. The summed E-state index contributed by atoms with van der Waals surface area (Å²) in [5.41, 5.74) is 6.34. The van der Waals surface area contributed by atoms with Crippen molar-refractivity contribution in [1.82, 2.24) is 5.43 Å². The third kappa shape index (κ3) is 2.40. The highest BCUT2D eigenvalue weighted by Gasteiger charge is 2.17. The second kappa shape index (κ2) is 5.17. The molecule has 2 rings (SSSR count). The molecule has 0 aliphatic rings. The van der Waals surface area contributed by atoms with Crippen LogP contribution in [0.2, 0.25) is 0 Å². The van der Waals surface area contributed by atoms with Crippen molar-refractivity contribution in [3.8, 4) is 0 Å². The first kappa shape index (κ1) is 11.9. The summed E-state index contributed by atoms with van der Waals surface area (Å²) in [5.74, 6) is 6.50. The summed E-state index contributed by atoms with van der Waals surface area (Å²) in [5, 5.41) is 0. The first-order chi connectivity index (χ1) is 8.26. The van der Waals surface area contributed by atoms with Crippen molar-refractivity contribution >= 4 is 0 Å². The summed E-state index contributed by atoms with van der Waals surface area (Å²) in [6.45, 7) is 4.16. The molecule has 1 atom stereocenters. The van der Waals surface area contributed by atoms with Gasteiger partial charge in [-0.2, -0.15) is 0 Å². The van der Waals surface area contributed by atoms with Gasteiger partial charge in [0.05, 0.1) is 6.26 Å². The smallest absolute Gasteiger partial charge is 0.129 e. The van der Waals surface area contributed by atoms with Gasteiger partial charge in [-0.1, -0.05) is 31.2 Å². The number of furan rings is 1. The van der Waals surface area contributed by atoms with E-state index in [1.54, 1.807) is 6.26 Å². The largest absolute Gasteiger partial charge is 0.467 e. The van der Waals surface area contributed by atoms with Gasteiger partial charge < -0.3 is 4.42 Å². The second-order valence-electron chi connectivity index (χ2n) is 4.16. The Balaban J connectivity index is 2.32. The molecule has 3 N–H and O–H groups in total. The van der Waals surface area contributed by atoms with Crippen molar-refractivity contribution in [2.24, 2.45) is 5.84 Å². The fraction of sp³-hybridized carbons (Fsp3) is 0.286. The van der Waals surface area contributed by atoms with Gasteiger partial charge in [-0.05, 0) is 36.1 Å². The predicted molar refractivity (Wildman–Crippen MR) is 68.4 cm³/mol. The van der Waals surface area contributed by atoms with Gasteiger partial charge in [0.1, 0.15) is 11.8 Å². The van der Waals surface area contributed by atoms with Crippen molar-refractivity contribution < 1.29 is 4.42 Å². The van der Waals surface area contributed by atoms with E-state index in [0.717, 1.165) is 23.3 Å². The quantitative estimate of drug-likeness (QED) is 0.627. The lowest BCUT2D eigenvalue weighted by Crippen LogP contribution is -2.28. The number of hydrogen-bond donors (Lipinski definition) is 2. The molecule has 0 aliphatic carbocycles. The van der Waals surface area contributed by atoms with E-state index < -0.39 is 0 Å². The van der Waals surface area contributed by atoms with Crippen LogP contribution in [0.25, 0.3) is 0 Å². The molecular weight excluding hydrogens is 212 g/mol. The average molecular weight is 230 g/mol. The van der Waals surface area contributed by atoms with Crippen molar-refractivity contribution in [1.29, 1.82) is 0 Å². The topological polar surface area (TPSA) is 51.2 Å². The molecular formula is C14H18N2O. The third-order valence-electron chi connectivity index (χ3n) is 3.05. The fourth-order valence-corrected chi connectivity index (χ4v) is 1.95. The monoisotopic (exact) mass is 230 g/mol. The zero-order chi connectivity index (χ0) is 12.3. The number of hydrazine groups is 1. The molecule has 0 saturated heterocycles. The third-order valence-corrected chi connectivity index (χ3v) is 3.05. The number of nitrogens with one attached hydrogen (secondary N) is 1. The highest BCUT2D eigenvalue weighted by atomic mass is 16.3. The number of aryl methyl sites for hydroxylation is 2. The summed E-state index contributed by atoms with van der Waals surface area (Å²) in [6.07, 6.45) is 2.73. The Hall–Kier alpha value is -1.58. The van der Waals surface area contributed by atoms with Crippen LogP contribution < -0.4 is 11.3 Å². The Morgan fingerprint density at radius 1 is 1.24 bits per heavy atom. The minimum Gasteiger partial charge on any atom is -0.467 e. The maximum absolute atomic E-state index is 5.63. The Morgan fingerprint density at radius 3 is 2.41 bits per heavy atom. The molecule has 1 heterocycles. The van der Waals surface area contributed by atoms with E-state index in [1.165, 1.54) is 5.56 Å². The standard InChI is InChI=1S/C14H18N2O/c1-3-11-4-6-12(7-5-11)13(16-15)14-10(2)8-9-17-14/h4-9,13,16H,3,15H2,1-2H3. The SMILES string of the molecule is CCc1ccc(C(NN)c2occc2C)cc1. The number of benzene rings is 1. The molecule has 1 unspecified atom stereocenters. The van der Waals surface area contributed by atoms with E-state index in [1.807, 2.05) is 13.0 Å². The molecule has 3 heteroatoms. The minimum absolute atomic E-state index is 0.0871. The molecule has 3 nitrogen and oxygen atoms in total. The van der Waals surface area contributed by atoms with Crippen LogP contribution in [0.3, 0.4) is 0 Å². The van der Waals surface area contributed by atoms with Crippen LogP contribution in [0.4, 0.5) is 0 Å².